The molecule has 0 bridgehead atoms. The van der Waals surface area contributed by atoms with E-state index in [9.17, 15) is 0 Å². The van der Waals surface area contributed by atoms with Crippen molar-refractivity contribution >= 4 is 0 Å². The van der Waals surface area contributed by atoms with Crippen molar-refractivity contribution < 1.29 is 4.74 Å². The first-order valence-corrected chi connectivity index (χ1v) is 5.74. The average molecular weight is 200 g/mol. The summed E-state index contributed by atoms with van der Waals surface area (Å²) in [5.74, 6) is 0. The van der Waals surface area contributed by atoms with Crippen molar-refractivity contribution in [2.24, 2.45) is 5.73 Å². The first kappa shape index (κ1) is 12.0. The first-order chi connectivity index (χ1) is 6.79. The Balaban J connectivity index is 2.50. The minimum absolute atomic E-state index is 0.506. The Morgan fingerprint density at radius 2 is 2.21 bits per heavy atom. The summed E-state index contributed by atoms with van der Waals surface area (Å²) in [4.78, 5) is 2.52. The predicted octanol–water partition coefficient (Wildman–Crippen LogP) is 1.22. The van der Waals surface area contributed by atoms with Gasteiger partial charge in [0.2, 0.25) is 0 Å². The van der Waals surface area contributed by atoms with Gasteiger partial charge in [-0.15, -0.1) is 0 Å². The molecule has 0 saturated carbocycles. The molecular formula is C11H24N2O. The van der Waals surface area contributed by atoms with Crippen LogP contribution in [0.5, 0.6) is 0 Å². The van der Waals surface area contributed by atoms with Crippen LogP contribution >= 0.6 is 0 Å². The van der Waals surface area contributed by atoms with E-state index in [1.54, 1.807) is 7.11 Å². The van der Waals surface area contributed by atoms with Crippen LogP contribution in [0.3, 0.4) is 0 Å². The molecule has 14 heavy (non-hydrogen) atoms. The lowest BCUT2D eigenvalue weighted by Gasteiger charge is -2.34. The van der Waals surface area contributed by atoms with Crippen molar-refractivity contribution in [2.75, 3.05) is 26.8 Å². The number of nitrogens with zero attached hydrogens (tertiary/aromatic N) is 1. The molecule has 1 aliphatic rings. The fourth-order valence-corrected chi connectivity index (χ4v) is 2.37. The number of methoxy groups -OCH3 is 1. The molecule has 2 unspecified atom stereocenters. The molecular weight excluding hydrogens is 176 g/mol. The quantitative estimate of drug-likeness (QED) is 0.741. The standard InChI is InChI=1S/C11H24N2O/c1-10(9-14-2)13-7-5-3-4-6-11(13)8-12/h10-11H,3-9,12H2,1-2H3. The summed E-state index contributed by atoms with van der Waals surface area (Å²) in [5.41, 5.74) is 5.81. The number of rotatable bonds is 4. The van der Waals surface area contributed by atoms with Gasteiger partial charge in [-0.1, -0.05) is 12.8 Å². The van der Waals surface area contributed by atoms with Crippen LogP contribution in [-0.4, -0.2) is 43.8 Å². The summed E-state index contributed by atoms with van der Waals surface area (Å²) in [6, 6.07) is 1.08. The number of likely N-dealkylation sites (tertiary alicyclic amines) is 1. The van der Waals surface area contributed by atoms with Gasteiger partial charge in [0.05, 0.1) is 6.61 Å². The van der Waals surface area contributed by atoms with E-state index < -0.39 is 0 Å². The third-order valence-electron chi connectivity index (χ3n) is 3.17. The van der Waals surface area contributed by atoms with Gasteiger partial charge in [-0.2, -0.15) is 0 Å². The van der Waals surface area contributed by atoms with Crippen molar-refractivity contribution in [3.8, 4) is 0 Å². The van der Waals surface area contributed by atoms with Crippen molar-refractivity contribution in [3.63, 3.8) is 0 Å². The van der Waals surface area contributed by atoms with E-state index >= 15 is 0 Å². The number of nitrogens with two attached hydrogens (primary N) is 1. The molecule has 1 saturated heterocycles. The maximum Gasteiger partial charge on any atom is 0.0615 e. The molecule has 3 nitrogen and oxygen atoms in total. The Morgan fingerprint density at radius 1 is 1.43 bits per heavy atom. The van der Waals surface area contributed by atoms with Crippen molar-refractivity contribution in [1.82, 2.24) is 4.90 Å². The van der Waals surface area contributed by atoms with Crippen molar-refractivity contribution in [2.45, 2.75) is 44.7 Å². The summed E-state index contributed by atoms with van der Waals surface area (Å²) in [7, 11) is 1.77. The summed E-state index contributed by atoms with van der Waals surface area (Å²) in [6.07, 6.45) is 5.25. The number of hydrogen-bond donors (Lipinski definition) is 1. The maximum atomic E-state index is 5.81. The normalized spacial score (nSPS) is 27.2. The lowest BCUT2D eigenvalue weighted by Crippen LogP contribution is -2.47. The first-order valence-electron chi connectivity index (χ1n) is 5.74. The summed E-state index contributed by atoms with van der Waals surface area (Å²) in [6.45, 7) is 5.02. The zero-order chi connectivity index (χ0) is 10.4. The van der Waals surface area contributed by atoms with Gasteiger partial charge in [0.25, 0.3) is 0 Å². The molecule has 1 heterocycles. The molecule has 84 valence electrons. The molecule has 1 rings (SSSR count). The van der Waals surface area contributed by atoms with Crippen LogP contribution in [0, 0.1) is 0 Å². The summed E-state index contributed by atoms with van der Waals surface area (Å²) >= 11 is 0. The van der Waals surface area contributed by atoms with E-state index in [-0.39, 0.29) is 0 Å². The summed E-state index contributed by atoms with van der Waals surface area (Å²) in [5, 5.41) is 0. The van der Waals surface area contributed by atoms with Gasteiger partial charge in [-0.25, -0.2) is 0 Å². The highest BCUT2D eigenvalue weighted by Gasteiger charge is 2.23. The van der Waals surface area contributed by atoms with E-state index in [4.69, 9.17) is 10.5 Å². The Hall–Kier alpha value is -0.120. The second kappa shape index (κ2) is 6.38. The average Bonchev–Trinajstić information content (AvgIpc) is 2.42. The third-order valence-corrected chi connectivity index (χ3v) is 3.17. The van der Waals surface area contributed by atoms with E-state index in [1.165, 1.54) is 32.2 Å². The Morgan fingerprint density at radius 3 is 2.86 bits per heavy atom. The van der Waals surface area contributed by atoms with E-state index in [0.717, 1.165) is 13.2 Å². The molecule has 0 amide bonds. The van der Waals surface area contributed by atoms with Gasteiger partial charge in [0.1, 0.15) is 0 Å². The van der Waals surface area contributed by atoms with Gasteiger partial charge in [0.15, 0.2) is 0 Å². The smallest absolute Gasteiger partial charge is 0.0615 e. The minimum Gasteiger partial charge on any atom is -0.383 e. The molecule has 0 aliphatic carbocycles. The summed E-state index contributed by atoms with van der Waals surface area (Å²) < 4.78 is 5.21. The van der Waals surface area contributed by atoms with Crippen LogP contribution in [-0.2, 0) is 4.74 Å². The Kier molecular flexibility index (Phi) is 5.45. The van der Waals surface area contributed by atoms with E-state index in [0.29, 0.717) is 12.1 Å². The van der Waals surface area contributed by atoms with Gasteiger partial charge >= 0.3 is 0 Å². The minimum atomic E-state index is 0.506. The molecule has 0 radical (unpaired) electrons. The van der Waals surface area contributed by atoms with Gasteiger partial charge in [0, 0.05) is 25.7 Å². The molecule has 0 spiro atoms. The van der Waals surface area contributed by atoms with Crippen LogP contribution in [0.15, 0.2) is 0 Å². The largest absolute Gasteiger partial charge is 0.383 e. The second-order valence-electron chi connectivity index (χ2n) is 4.28. The molecule has 0 aromatic rings. The number of ether oxygens (including phenoxy) is 1. The second-order valence-corrected chi connectivity index (χ2v) is 4.28. The molecule has 2 atom stereocenters. The van der Waals surface area contributed by atoms with Crippen LogP contribution < -0.4 is 5.73 Å². The molecule has 0 aromatic heterocycles. The van der Waals surface area contributed by atoms with E-state index in [2.05, 4.69) is 11.8 Å². The van der Waals surface area contributed by atoms with Crippen LogP contribution in [0.4, 0.5) is 0 Å². The van der Waals surface area contributed by atoms with Gasteiger partial charge in [-0.3, -0.25) is 4.90 Å². The fraction of sp³-hybridized carbons (Fsp3) is 1.00. The molecule has 1 fully saturated rings. The van der Waals surface area contributed by atoms with Crippen LogP contribution in [0.1, 0.15) is 32.6 Å². The Bertz CT molecular complexity index is 152. The Labute approximate surface area is 87.6 Å². The highest BCUT2D eigenvalue weighted by atomic mass is 16.5. The molecule has 2 N–H and O–H groups in total. The maximum absolute atomic E-state index is 5.81. The molecule has 1 aliphatic heterocycles. The SMILES string of the molecule is COCC(C)N1CCCCCC1CN. The third kappa shape index (κ3) is 3.23. The van der Waals surface area contributed by atoms with Crippen LogP contribution in [0.2, 0.25) is 0 Å². The van der Waals surface area contributed by atoms with Gasteiger partial charge < -0.3 is 10.5 Å². The molecule has 0 aromatic carbocycles. The van der Waals surface area contributed by atoms with Crippen molar-refractivity contribution in [1.29, 1.82) is 0 Å². The fourth-order valence-electron chi connectivity index (χ4n) is 2.37. The highest BCUT2D eigenvalue weighted by Crippen LogP contribution is 2.18. The monoisotopic (exact) mass is 200 g/mol. The highest BCUT2D eigenvalue weighted by molar-refractivity contribution is 4.80. The topological polar surface area (TPSA) is 38.5 Å². The van der Waals surface area contributed by atoms with Gasteiger partial charge in [-0.05, 0) is 26.3 Å². The van der Waals surface area contributed by atoms with E-state index in [1.807, 2.05) is 0 Å². The lowest BCUT2D eigenvalue weighted by atomic mass is 10.1. The molecule has 3 heteroatoms. The van der Waals surface area contributed by atoms with Crippen LogP contribution in [0.25, 0.3) is 0 Å². The zero-order valence-electron chi connectivity index (χ0n) is 9.54. The number of hydrogen-bond acceptors (Lipinski definition) is 3. The predicted molar refractivity (Wildman–Crippen MR) is 59.4 cm³/mol. The zero-order valence-corrected chi connectivity index (χ0v) is 9.54. The lowest BCUT2D eigenvalue weighted by molar-refractivity contribution is 0.0734. The van der Waals surface area contributed by atoms with Crippen molar-refractivity contribution in [3.05, 3.63) is 0 Å².